The average Bonchev–Trinajstić information content (AvgIpc) is 3.36. The number of nitrogens with one attached hydrogen (secondary N) is 2. The van der Waals surface area contributed by atoms with Gasteiger partial charge in [0.05, 0.1) is 25.3 Å². The molecule has 0 bridgehead atoms. The second kappa shape index (κ2) is 7.28. The zero-order valence-electron chi connectivity index (χ0n) is 15.2. The lowest BCUT2D eigenvalue weighted by molar-refractivity contribution is 0.102. The smallest absolute Gasteiger partial charge is 0.255 e. The third-order valence-corrected chi connectivity index (χ3v) is 4.61. The predicted octanol–water partition coefficient (Wildman–Crippen LogP) is 3.68. The summed E-state index contributed by atoms with van der Waals surface area (Å²) in [7, 11) is 3.10. The Labute approximate surface area is 156 Å². The number of benzene rings is 2. The van der Waals surface area contributed by atoms with E-state index in [2.05, 4.69) is 15.3 Å². The lowest BCUT2D eigenvalue weighted by Crippen LogP contribution is -2.12. The van der Waals surface area contributed by atoms with Crippen LogP contribution in [0.2, 0.25) is 0 Å². The van der Waals surface area contributed by atoms with Crippen LogP contribution in [0.15, 0.2) is 36.4 Å². The summed E-state index contributed by atoms with van der Waals surface area (Å²) in [5.74, 6) is 1.71. The Bertz CT molecular complexity index is 954. The molecule has 7 heteroatoms. The molecule has 2 N–H and O–H groups in total. The molecule has 1 aliphatic heterocycles. The first kappa shape index (κ1) is 17.4. The van der Waals surface area contributed by atoms with Crippen LogP contribution >= 0.6 is 0 Å². The number of nitrogens with zero attached hydrogens (tertiary/aromatic N) is 1. The molecule has 1 saturated heterocycles. The lowest BCUT2D eigenvalue weighted by atomic mass is 10.1. The molecule has 0 aliphatic carbocycles. The standard InChI is InChI=1S/C20H21N3O4/c1-25-14-8-12(9-15(11-14)26-2)20(24)21-13-5-6-16-17(10-13)23-19(22-16)18-4-3-7-27-18/h5-6,8-11,18H,3-4,7H2,1-2H3,(H,21,24)(H,22,23)/t18-/m0/s1. The molecule has 4 rings (SSSR count). The fourth-order valence-corrected chi connectivity index (χ4v) is 3.19. The summed E-state index contributed by atoms with van der Waals surface area (Å²) in [5.41, 5.74) is 2.84. The van der Waals surface area contributed by atoms with E-state index in [-0.39, 0.29) is 12.0 Å². The molecule has 0 spiro atoms. The number of hydrogen-bond donors (Lipinski definition) is 2. The number of imidazole rings is 1. The summed E-state index contributed by atoms with van der Waals surface area (Å²) < 4.78 is 16.1. The number of aromatic nitrogens is 2. The quantitative estimate of drug-likeness (QED) is 0.718. The van der Waals surface area contributed by atoms with Gasteiger partial charge in [-0.05, 0) is 43.2 Å². The van der Waals surface area contributed by atoms with Crippen LogP contribution in [-0.4, -0.2) is 36.7 Å². The second-order valence-electron chi connectivity index (χ2n) is 6.41. The molecule has 3 aromatic rings. The molecule has 0 saturated carbocycles. The molecule has 2 heterocycles. The van der Waals surface area contributed by atoms with Gasteiger partial charge in [0.25, 0.3) is 5.91 Å². The highest BCUT2D eigenvalue weighted by molar-refractivity contribution is 6.05. The van der Waals surface area contributed by atoms with Crippen LogP contribution in [0.5, 0.6) is 11.5 Å². The maximum atomic E-state index is 12.6. The number of carbonyl (C=O) groups excluding carboxylic acids is 1. The molecule has 1 atom stereocenters. The van der Waals surface area contributed by atoms with E-state index in [4.69, 9.17) is 14.2 Å². The highest BCUT2D eigenvalue weighted by Crippen LogP contribution is 2.29. The van der Waals surface area contributed by atoms with Crippen molar-refractivity contribution in [3.05, 3.63) is 47.8 Å². The van der Waals surface area contributed by atoms with E-state index < -0.39 is 0 Å². The normalized spacial score (nSPS) is 16.4. The number of anilines is 1. The SMILES string of the molecule is COc1cc(OC)cc(C(=O)Nc2ccc3nc([C@@H]4CCCO4)[nH]c3c2)c1. The number of H-pyrrole nitrogens is 1. The average molecular weight is 367 g/mol. The van der Waals surface area contributed by atoms with Gasteiger partial charge in [0.1, 0.15) is 23.4 Å². The Morgan fingerprint density at radius 1 is 1.19 bits per heavy atom. The molecule has 7 nitrogen and oxygen atoms in total. The first-order chi connectivity index (χ1) is 13.2. The van der Waals surface area contributed by atoms with Crippen molar-refractivity contribution >= 4 is 22.6 Å². The van der Waals surface area contributed by atoms with Crippen molar-refractivity contribution in [2.45, 2.75) is 18.9 Å². The van der Waals surface area contributed by atoms with Crippen LogP contribution in [0.25, 0.3) is 11.0 Å². The Hall–Kier alpha value is -3.06. The van der Waals surface area contributed by atoms with E-state index in [0.717, 1.165) is 36.3 Å². The van der Waals surface area contributed by atoms with Gasteiger partial charge in [0, 0.05) is 23.9 Å². The van der Waals surface area contributed by atoms with Crippen molar-refractivity contribution in [1.82, 2.24) is 9.97 Å². The number of ether oxygens (including phenoxy) is 3. The summed E-state index contributed by atoms with van der Waals surface area (Å²) >= 11 is 0. The van der Waals surface area contributed by atoms with Gasteiger partial charge in [-0.1, -0.05) is 0 Å². The van der Waals surface area contributed by atoms with Crippen molar-refractivity contribution in [3.8, 4) is 11.5 Å². The number of rotatable bonds is 5. The summed E-state index contributed by atoms with van der Waals surface area (Å²) in [4.78, 5) is 20.5. The molecule has 1 fully saturated rings. The van der Waals surface area contributed by atoms with Crippen LogP contribution in [0.1, 0.15) is 35.1 Å². The summed E-state index contributed by atoms with van der Waals surface area (Å²) in [6, 6.07) is 10.6. The van der Waals surface area contributed by atoms with Gasteiger partial charge in [0.2, 0.25) is 0 Å². The maximum absolute atomic E-state index is 12.6. The van der Waals surface area contributed by atoms with E-state index in [1.807, 2.05) is 18.2 Å². The number of carbonyl (C=O) groups is 1. The second-order valence-corrected chi connectivity index (χ2v) is 6.41. The largest absolute Gasteiger partial charge is 0.497 e. The van der Waals surface area contributed by atoms with E-state index in [9.17, 15) is 4.79 Å². The van der Waals surface area contributed by atoms with Crippen molar-refractivity contribution < 1.29 is 19.0 Å². The number of fused-ring (bicyclic) bond motifs is 1. The molecule has 140 valence electrons. The summed E-state index contributed by atoms with van der Waals surface area (Å²) in [6.07, 6.45) is 2.05. The molecule has 27 heavy (non-hydrogen) atoms. The van der Waals surface area contributed by atoms with E-state index in [0.29, 0.717) is 22.7 Å². The number of hydrogen-bond acceptors (Lipinski definition) is 5. The van der Waals surface area contributed by atoms with Crippen LogP contribution in [0.3, 0.4) is 0 Å². The molecule has 1 aromatic heterocycles. The predicted molar refractivity (Wildman–Crippen MR) is 102 cm³/mol. The third-order valence-electron chi connectivity index (χ3n) is 4.61. The lowest BCUT2D eigenvalue weighted by Gasteiger charge is -2.09. The van der Waals surface area contributed by atoms with E-state index in [1.54, 1.807) is 32.4 Å². The monoisotopic (exact) mass is 367 g/mol. The molecule has 2 aromatic carbocycles. The molecule has 1 amide bonds. The molecular weight excluding hydrogens is 346 g/mol. The summed E-state index contributed by atoms with van der Waals surface area (Å²) in [5, 5.41) is 2.90. The van der Waals surface area contributed by atoms with E-state index in [1.165, 1.54) is 0 Å². The maximum Gasteiger partial charge on any atom is 0.255 e. The van der Waals surface area contributed by atoms with Gasteiger partial charge < -0.3 is 24.5 Å². The van der Waals surface area contributed by atoms with Gasteiger partial charge in [-0.3, -0.25) is 4.79 Å². The van der Waals surface area contributed by atoms with E-state index >= 15 is 0 Å². The number of methoxy groups -OCH3 is 2. The van der Waals surface area contributed by atoms with Gasteiger partial charge in [-0.25, -0.2) is 4.98 Å². The molecule has 0 radical (unpaired) electrons. The minimum atomic E-state index is -0.245. The minimum Gasteiger partial charge on any atom is -0.497 e. The highest BCUT2D eigenvalue weighted by atomic mass is 16.5. The Kier molecular flexibility index (Phi) is 4.68. The number of aromatic amines is 1. The van der Waals surface area contributed by atoms with Crippen molar-refractivity contribution in [1.29, 1.82) is 0 Å². The Balaban J connectivity index is 1.56. The Morgan fingerprint density at radius 2 is 1.96 bits per heavy atom. The van der Waals surface area contributed by atoms with Crippen LogP contribution < -0.4 is 14.8 Å². The van der Waals surface area contributed by atoms with Gasteiger partial charge in [-0.15, -0.1) is 0 Å². The summed E-state index contributed by atoms with van der Waals surface area (Å²) in [6.45, 7) is 0.771. The van der Waals surface area contributed by atoms with Gasteiger partial charge in [-0.2, -0.15) is 0 Å². The van der Waals surface area contributed by atoms with Crippen molar-refractivity contribution in [3.63, 3.8) is 0 Å². The van der Waals surface area contributed by atoms with Crippen molar-refractivity contribution in [2.75, 3.05) is 26.1 Å². The molecule has 1 aliphatic rings. The fraction of sp³-hybridized carbons (Fsp3) is 0.300. The van der Waals surface area contributed by atoms with Crippen LogP contribution in [0.4, 0.5) is 5.69 Å². The van der Waals surface area contributed by atoms with Crippen molar-refractivity contribution in [2.24, 2.45) is 0 Å². The fourth-order valence-electron chi connectivity index (χ4n) is 3.19. The third kappa shape index (κ3) is 3.59. The minimum absolute atomic E-state index is 0.0275. The molecular formula is C20H21N3O4. The zero-order chi connectivity index (χ0) is 18.8. The first-order valence-electron chi connectivity index (χ1n) is 8.82. The van der Waals surface area contributed by atoms with Crippen LogP contribution in [-0.2, 0) is 4.74 Å². The zero-order valence-corrected chi connectivity index (χ0v) is 15.2. The molecule has 0 unspecified atom stereocenters. The Morgan fingerprint density at radius 3 is 2.63 bits per heavy atom. The highest BCUT2D eigenvalue weighted by Gasteiger charge is 2.21. The number of amides is 1. The van der Waals surface area contributed by atoms with Crippen LogP contribution in [0, 0.1) is 0 Å². The topological polar surface area (TPSA) is 85.5 Å². The van der Waals surface area contributed by atoms with Gasteiger partial charge >= 0.3 is 0 Å². The van der Waals surface area contributed by atoms with Gasteiger partial charge in [0.15, 0.2) is 0 Å². The first-order valence-corrected chi connectivity index (χ1v) is 8.82.